The third-order valence-electron chi connectivity index (χ3n) is 9.70. The highest BCUT2D eigenvalue weighted by Crippen LogP contribution is 2.40. The van der Waals surface area contributed by atoms with Gasteiger partial charge in [-0.25, -0.2) is 36.3 Å². The van der Waals surface area contributed by atoms with E-state index in [-0.39, 0.29) is 11.5 Å². The van der Waals surface area contributed by atoms with Crippen molar-refractivity contribution in [3.63, 3.8) is 0 Å². The van der Waals surface area contributed by atoms with Crippen molar-refractivity contribution in [2.45, 2.75) is 88.6 Å². The van der Waals surface area contributed by atoms with Gasteiger partial charge >= 0.3 is 6.03 Å². The number of anilines is 1. The first-order valence-corrected chi connectivity index (χ1v) is 20.9. The second-order valence-electron chi connectivity index (χ2n) is 13.4. The van der Waals surface area contributed by atoms with Crippen LogP contribution in [0.5, 0.6) is 0 Å². The highest BCUT2D eigenvalue weighted by Gasteiger charge is 2.26. The van der Waals surface area contributed by atoms with Crippen LogP contribution in [0.3, 0.4) is 0 Å². The zero-order valence-corrected chi connectivity index (χ0v) is 30.5. The van der Waals surface area contributed by atoms with E-state index in [1.54, 1.807) is 42.5 Å². The number of rotatable bonds is 7. The summed E-state index contributed by atoms with van der Waals surface area (Å²) in [5.74, 6) is -0.528. The normalized spacial score (nSPS) is 15.0. The molecule has 8 rings (SSSR count). The summed E-state index contributed by atoms with van der Waals surface area (Å²) in [4.78, 5) is 34.6. The summed E-state index contributed by atoms with van der Waals surface area (Å²) < 4.78 is 47.7. The topological polar surface area (TPSA) is 191 Å². The molecule has 2 amide bonds. The van der Waals surface area contributed by atoms with Crippen LogP contribution in [0, 0.1) is 0 Å². The van der Waals surface area contributed by atoms with E-state index in [0.29, 0.717) is 11.4 Å². The van der Waals surface area contributed by atoms with Crippen LogP contribution in [0.1, 0.15) is 81.6 Å². The monoisotopic (exact) mass is 742 g/mol. The van der Waals surface area contributed by atoms with Crippen molar-refractivity contribution in [3.8, 4) is 0 Å². The fourth-order valence-electron chi connectivity index (χ4n) is 7.62. The molecule has 0 spiro atoms. The Kier molecular flexibility index (Phi) is 11.6. The summed E-state index contributed by atoms with van der Waals surface area (Å²) in [6.07, 6.45) is 17.7. The summed E-state index contributed by atoms with van der Waals surface area (Å²) >= 11 is 0. The molecule has 12 nitrogen and oxygen atoms in total. The van der Waals surface area contributed by atoms with Gasteiger partial charge in [-0.2, -0.15) is 4.99 Å². The molecular weight excluding hydrogens is 701 g/mol. The number of fused-ring (bicyclic) bond motifs is 4. The van der Waals surface area contributed by atoms with E-state index >= 15 is 0 Å². The van der Waals surface area contributed by atoms with Crippen LogP contribution in [-0.2, 0) is 87.7 Å². The van der Waals surface area contributed by atoms with Crippen LogP contribution in [0.25, 0.3) is 0 Å². The minimum Gasteiger partial charge on any atom is -0.307 e. The van der Waals surface area contributed by atoms with Gasteiger partial charge in [0.2, 0.25) is 26.1 Å². The summed E-state index contributed by atoms with van der Waals surface area (Å²) in [7, 11) is -7.25. The van der Waals surface area contributed by atoms with Crippen molar-refractivity contribution in [2.75, 3.05) is 5.32 Å². The number of carbonyl (C=O) groups is 1. The number of nitrogens with one attached hydrogen (secondary N) is 2. The lowest BCUT2D eigenvalue weighted by molar-refractivity contribution is 0.256. The van der Waals surface area contributed by atoms with Gasteiger partial charge in [0, 0.05) is 18.1 Å². The summed E-state index contributed by atoms with van der Waals surface area (Å²) in [6.45, 7) is 0. The molecule has 2 heterocycles. The highest BCUT2D eigenvalue weighted by molar-refractivity contribution is 7.89. The van der Waals surface area contributed by atoms with Gasteiger partial charge in [0.05, 0.1) is 17.1 Å². The van der Waals surface area contributed by atoms with E-state index in [1.165, 1.54) is 69.7 Å². The van der Waals surface area contributed by atoms with E-state index in [9.17, 15) is 26.4 Å². The minimum atomic E-state index is -3.81. The highest BCUT2D eigenvalue weighted by atomic mass is 32.2. The van der Waals surface area contributed by atoms with Crippen molar-refractivity contribution in [3.05, 3.63) is 117 Å². The molecule has 0 unspecified atom stereocenters. The fourth-order valence-corrected chi connectivity index (χ4v) is 9.17. The number of aliphatic imine (C=N–C) groups is 1. The maximum Gasteiger partial charge on any atom is 0.332 e. The van der Waals surface area contributed by atoms with Gasteiger partial charge in [0.15, 0.2) is 0 Å². The van der Waals surface area contributed by atoms with E-state index in [0.717, 1.165) is 75.6 Å². The largest absolute Gasteiger partial charge is 0.332 e. The maximum atomic E-state index is 12.4. The van der Waals surface area contributed by atoms with Crippen LogP contribution in [-0.4, -0.2) is 38.9 Å². The SMILES string of the molecule is NS(=O)(=O)Cc1ccccn1.O=C(Nc1c2c(cc3c1CCC3)CCC2)NS(=O)(=O)Cc1ccccn1.O=C=Nc1c2c(cc3c1CCC3)CCC2. The predicted octanol–water partition coefficient (Wildman–Crippen LogP) is 5.21. The molecule has 52 heavy (non-hydrogen) atoms. The first kappa shape index (κ1) is 37.0. The molecule has 14 heteroatoms. The van der Waals surface area contributed by atoms with Gasteiger partial charge in [-0.3, -0.25) is 9.97 Å². The molecule has 4 aliphatic rings. The summed E-state index contributed by atoms with van der Waals surface area (Å²) in [5, 5.41) is 7.63. The second-order valence-corrected chi connectivity index (χ2v) is 16.7. The molecule has 2 aromatic carbocycles. The third-order valence-corrected chi connectivity index (χ3v) is 11.6. The number of hydrogen-bond acceptors (Lipinski definition) is 9. The number of aryl methyl sites for hydroxylation is 4. The number of benzene rings is 2. The Hall–Kier alpha value is -4.75. The van der Waals surface area contributed by atoms with Gasteiger partial charge in [-0.1, -0.05) is 24.3 Å². The number of urea groups is 1. The maximum absolute atomic E-state index is 12.4. The smallest absolute Gasteiger partial charge is 0.307 e. The van der Waals surface area contributed by atoms with Crippen molar-refractivity contribution in [2.24, 2.45) is 10.1 Å². The standard InChI is InChI=1S/C19H21N3O3S.C13H13NO.C6H8N2O2S/c23-19(22-26(24,25)12-15-7-1-2-10-20-15)21-18-16-8-3-5-13(16)11-14-6-4-9-17(14)18;15-8-14-13-11-5-1-3-9(11)7-10-4-2-6-12(10)13;7-11(9,10)5-6-3-1-2-4-8-6/h1-2,7,10-11H,3-6,8-9,12H2,(H2,21,22,23);7H,1-6H2;1-4H,5H2,(H2,7,9,10). The molecule has 0 aliphatic heterocycles. The van der Waals surface area contributed by atoms with Gasteiger partial charge in [-0.05, 0) is 146 Å². The molecule has 0 radical (unpaired) electrons. The Morgan fingerprint density at radius 3 is 1.60 bits per heavy atom. The fraction of sp³-hybridized carbons (Fsp3) is 0.368. The average molecular weight is 743 g/mol. The van der Waals surface area contributed by atoms with Crippen LogP contribution in [0.15, 0.2) is 65.9 Å². The zero-order valence-electron chi connectivity index (χ0n) is 28.9. The quantitative estimate of drug-likeness (QED) is 0.170. The Morgan fingerprint density at radius 2 is 1.15 bits per heavy atom. The van der Waals surface area contributed by atoms with Crippen LogP contribution < -0.4 is 15.2 Å². The Labute approximate surface area is 304 Å². The number of nitrogens with zero attached hydrogens (tertiary/aromatic N) is 3. The molecule has 4 aliphatic carbocycles. The Morgan fingerprint density at radius 1 is 0.692 bits per heavy atom. The van der Waals surface area contributed by atoms with Crippen molar-refractivity contribution >= 4 is 43.5 Å². The Balaban J connectivity index is 0.000000150. The van der Waals surface area contributed by atoms with Crippen molar-refractivity contribution < 1.29 is 26.4 Å². The number of amides is 2. The molecule has 4 aromatic rings. The van der Waals surface area contributed by atoms with Gasteiger partial charge in [0.25, 0.3) is 0 Å². The molecule has 272 valence electrons. The van der Waals surface area contributed by atoms with Crippen LogP contribution in [0.2, 0.25) is 0 Å². The van der Waals surface area contributed by atoms with Crippen molar-refractivity contribution in [1.29, 1.82) is 0 Å². The van der Waals surface area contributed by atoms with Crippen LogP contribution in [0.4, 0.5) is 16.2 Å². The number of primary sulfonamides is 1. The molecule has 0 fully saturated rings. The molecule has 0 saturated carbocycles. The van der Waals surface area contributed by atoms with E-state index in [1.807, 2.05) is 0 Å². The number of carbonyl (C=O) groups excluding carboxylic acids is 2. The predicted molar refractivity (Wildman–Crippen MR) is 199 cm³/mol. The molecular formula is C38H42N6O6S2. The lowest BCUT2D eigenvalue weighted by atomic mass is 9.99. The van der Waals surface area contributed by atoms with Gasteiger partial charge in [0.1, 0.15) is 11.5 Å². The molecule has 2 aromatic heterocycles. The second kappa shape index (κ2) is 16.3. The first-order valence-electron chi connectivity index (χ1n) is 17.5. The lowest BCUT2D eigenvalue weighted by Gasteiger charge is -2.16. The number of sulfonamides is 2. The van der Waals surface area contributed by atoms with E-state index in [4.69, 9.17) is 5.14 Å². The number of aromatic nitrogens is 2. The molecule has 4 N–H and O–H groups in total. The number of hydrogen-bond donors (Lipinski definition) is 3. The van der Waals surface area contributed by atoms with Crippen molar-refractivity contribution in [1.82, 2.24) is 14.7 Å². The summed E-state index contributed by atoms with van der Waals surface area (Å²) in [5.41, 5.74) is 13.1. The molecule has 0 saturated heterocycles. The minimum absolute atomic E-state index is 0.201. The van der Waals surface area contributed by atoms with Gasteiger partial charge in [-0.15, -0.1) is 0 Å². The summed E-state index contributed by atoms with van der Waals surface area (Å²) in [6, 6.07) is 14.0. The number of nitrogens with two attached hydrogens (primary N) is 1. The number of pyridine rings is 2. The van der Waals surface area contributed by atoms with Gasteiger partial charge < -0.3 is 5.32 Å². The van der Waals surface area contributed by atoms with Crippen LogP contribution >= 0.6 is 0 Å². The molecule has 0 bridgehead atoms. The average Bonchev–Trinajstić information content (AvgIpc) is 3.92. The zero-order chi connectivity index (χ0) is 36.7. The van der Waals surface area contributed by atoms with E-state index in [2.05, 4.69) is 37.1 Å². The van der Waals surface area contributed by atoms with E-state index < -0.39 is 26.1 Å². The first-order chi connectivity index (χ1) is 25.0. The third kappa shape index (κ3) is 9.37. The number of isocyanates is 1. The Bertz CT molecular complexity index is 2160. The molecule has 0 atom stereocenters. The lowest BCUT2D eigenvalue weighted by Crippen LogP contribution is -2.35.